The summed E-state index contributed by atoms with van der Waals surface area (Å²) in [4.78, 5) is 11.4. The van der Waals surface area contributed by atoms with E-state index in [0.29, 0.717) is 6.54 Å². The Kier molecular flexibility index (Phi) is 5.99. The Hall–Kier alpha value is -3.97. The SMILES string of the molecule is CN1CCC(Oc2cccc3ncnc(Nc4ccc5c(ccn5Cc5ccc(F)cc5)c4)c23)CC1. The second-order valence-electron chi connectivity index (χ2n) is 9.46. The van der Waals surface area contributed by atoms with Gasteiger partial charge in [0.2, 0.25) is 0 Å². The van der Waals surface area contributed by atoms with Crippen molar-refractivity contribution in [2.24, 2.45) is 0 Å². The number of ether oxygens (including phenoxy) is 1. The van der Waals surface area contributed by atoms with Gasteiger partial charge in [0, 0.05) is 42.4 Å². The van der Waals surface area contributed by atoms with Gasteiger partial charge in [-0.15, -0.1) is 0 Å². The average Bonchev–Trinajstić information content (AvgIpc) is 3.29. The lowest BCUT2D eigenvalue weighted by Gasteiger charge is -2.29. The molecule has 0 spiro atoms. The number of benzene rings is 3. The fourth-order valence-electron chi connectivity index (χ4n) is 4.89. The van der Waals surface area contributed by atoms with E-state index in [2.05, 4.69) is 62.3 Å². The maximum Gasteiger partial charge on any atom is 0.145 e. The molecule has 0 radical (unpaired) electrons. The molecule has 2 aromatic heterocycles. The molecule has 0 aliphatic carbocycles. The number of anilines is 2. The number of halogens is 1. The van der Waals surface area contributed by atoms with Crippen LogP contribution in [0.15, 0.2) is 79.3 Å². The van der Waals surface area contributed by atoms with E-state index in [1.807, 2.05) is 30.3 Å². The summed E-state index contributed by atoms with van der Waals surface area (Å²) in [5.41, 5.74) is 3.96. The van der Waals surface area contributed by atoms with Crippen molar-refractivity contribution in [3.05, 3.63) is 90.6 Å². The first-order valence-corrected chi connectivity index (χ1v) is 12.3. The van der Waals surface area contributed by atoms with Gasteiger partial charge in [-0.2, -0.15) is 0 Å². The van der Waals surface area contributed by atoms with Crippen LogP contribution < -0.4 is 10.1 Å². The fraction of sp³-hybridized carbons (Fsp3) is 0.241. The van der Waals surface area contributed by atoms with Crippen LogP contribution in [0, 0.1) is 5.82 Å². The van der Waals surface area contributed by atoms with Crippen LogP contribution in [-0.4, -0.2) is 45.7 Å². The van der Waals surface area contributed by atoms with Gasteiger partial charge in [0.25, 0.3) is 0 Å². The molecule has 7 heteroatoms. The number of nitrogens with one attached hydrogen (secondary N) is 1. The molecule has 182 valence electrons. The number of fused-ring (bicyclic) bond motifs is 2. The number of rotatable bonds is 6. The number of likely N-dealkylation sites (tertiary alicyclic amines) is 1. The zero-order valence-corrected chi connectivity index (χ0v) is 20.2. The minimum Gasteiger partial charge on any atom is -0.489 e. The van der Waals surface area contributed by atoms with Gasteiger partial charge in [-0.3, -0.25) is 0 Å². The fourth-order valence-corrected chi connectivity index (χ4v) is 4.89. The molecular weight excluding hydrogens is 453 g/mol. The smallest absolute Gasteiger partial charge is 0.145 e. The van der Waals surface area contributed by atoms with Crippen molar-refractivity contribution in [1.82, 2.24) is 19.4 Å². The maximum absolute atomic E-state index is 13.3. The molecule has 3 aromatic carbocycles. The zero-order chi connectivity index (χ0) is 24.5. The Morgan fingerprint density at radius 2 is 1.83 bits per heavy atom. The molecule has 6 nitrogen and oxygen atoms in total. The van der Waals surface area contributed by atoms with Gasteiger partial charge >= 0.3 is 0 Å². The first-order valence-electron chi connectivity index (χ1n) is 12.3. The molecule has 0 saturated carbocycles. The highest BCUT2D eigenvalue weighted by Crippen LogP contribution is 2.34. The minimum absolute atomic E-state index is 0.192. The van der Waals surface area contributed by atoms with Crippen LogP contribution in [0.5, 0.6) is 5.75 Å². The molecule has 3 heterocycles. The van der Waals surface area contributed by atoms with E-state index in [1.54, 1.807) is 6.33 Å². The molecule has 0 amide bonds. The summed E-state index contributed by atoms with van der Waals surface area (Å²) in [7, 11) is 2.15. The summed E-state index contributed by atoms with van der Waals surface area (Å²) in [6.07, 6.45) is 5.86. The Bertz CT molecular complexity index is 1500. The summed E-state index contributed by atoms with van der Waals surface area (Å²) in [5, 5.41) is 5.51. The minimum atomic E-state index is -0.219. The summed E-state index contributed by atoms with van der Waals surface area (Å²) in [5.74, 6) is 1.33. The average molecular weight is 482 g/mol. The summed E-state index contributed by atoms with van der Waals surface area (Å²) < 4.78 is 21.9. The van der Waals surface area contributed by atoms with Crippen LogP contribution in [0.1, 0.15) is 18.4 Å². The number of piperidine rings is 1. The first kappa shape index (κ1) is 22.5. The molecule has 0 unspecified atom stereocenters. The van der Waals surface area contributed by atoms with Crippen molar-refractivity contribution in [3.8, 4) is 5.75 Å². The molecule has 1 aliphatic heterocycles. The van der Waals surface area contributed by atoms with Crippen LogP contribution in [0.4, 0.5) is 15.9 Å². The van der Waals surface area contributed by atoms with Gasteiger partial charge in [0.15, 0.2) is 0 Å². The Labute approximate surface area is 209 Å². The van der Waals surface area contributed by atoms with E-state index in [1.165, 1.54) is 12.1 Å². The van der Waals surface area contributed by atoms with Gasteiger partial charge in [0.05, 0.1) is 10.9 Å². The van der Waals surface area contributed by atoms with Gasteiger partial charge in [-0.1, -0.05) is 18.2 Å². The molecule has 0 bridgehead atoms. The van der Waals surface area contributed by atoms with E-state index >= 15 is 0 Å². The number of nitrogens with zero attached hydrogens (tertiary/aromatic N) is 4. The van der Waals surface area contributed by atoms with E-state index < -0.39 is 0 Å². The van der Waals surface area contributed by atoms with Crippen LogP contribution in [0.3, 0.4) is 0 Å². The zero-order valence-electron chi connectivity index (χ0n) is 20.2. The quantitative estimate of drug-likeness (QED) is 0.323. The van der Waals surface area contributed by atoms with E-state index in [4.69, 9.17) is 4.74 Å². The highest BCUT2D eigenvalue weighted by atomic mass is 19.1. The topological polar surface area (TPSA) is 55.2 Å². The van der Waals surface area contributed by atoms with Gasteiger partial charge in [-0.05, 0) is 74.0 Å². The summed E-state index contributed by atoms with van der Waals surface area (Å²) in [6.45, 7) is 2.76. The van der Waals surface area contributed by atoms with Gasteiger partial charge in [0.1, 0.15) is 29.8 Å². The molecule has 1 fully saturated rings. The van der Waals surface area contributed by atoms with Crippen molar-refractivity contribution in [1.29, 1.82) is 0 Å². The standard InChI is InChI=1S/C29H28FN5O/c1-34-14-12-24(13-15-34)36-27-4-2-3-25-28(27)29(32-19-31-25)33-23-9-10-26-21(17-23)11-16-35(26)18-20-5-7-22(30)8-6-20/h2-11,16-17,19,24H,12-15,18H2,1H3,(H,31,32,33). The van der Waals surface area contributed by atoms with Crippen molar-refractivity contribution < 1.29 is 9.13 Å². The predicted octanol–water partition coefficient (Wildman–Crippen LogP) is 5.99. The lowest BCUT2D eigenvalue weighted by Crippen LogP contribution is -2.35. The molecule has 1 aliphatic rings. The molecule has 36 heavy (non-hydrogen) atoms. The Balaban J connectivity index is 1.27. The van der Waals surface area contributed by atoms with E-state index in [0.717, 1.165) is 70.6 Å². The normalized spacial score (nSPS) is 14.9. The highest BCUT2D eigenvalue weighted by molar-refractivity contribution is 5.96. The predicted molar refractivity (Wildman–Crippen MR) is 141 cm³/mol. The number of aromatic nitrogens is 3. The summed E-state index contributed by atoms with van der Waals surface area (Å²) in [6, 6.07) is 21.0. The molecule has 1 saturated heterocycles. The molecule has 5 aromatic rings. The van der Waals surface area contributed by atoms with Crippen molar-refractivity contribution in [3.63, 3.8) is 0 Å². The lowest BCUT2D eigenvalue weighted by atomic mass is 10.1. The molecule has 0 atom stereocenters. The van der Waals surface area contributed by atoms with Crippen LogP contribution in [0.25, 0.3) is 21.8 Å². The third-order valence-electron chi connectivity index (χ3n) is 6.88. The Morgan fingerprint density at radius 1 is 1.00 bits per heavy atom. The van der Waals surface area contributed by atoms with Crippen LogP contribution in [0.2, 0.25) is 0 Å². The van der Waals surface area contributed by atoms with Crippen molar-refractivity contribution in [2.75, 3.05) is 25.5 Å². The van der Waals surface area contributed by atoms with E-state index in [9.17, 15) is 4.39 Å². The maximum atomic E-state index is 13.3. The molecule has 1 N–H and O–H groups in total. The second kappa shape index (κ2) is 9.59. The van der Waals surface area contributed by atoms with Crippen LogP contribution in [-0.2, 0) is 6.54 Å². The van der Waals surface area contributed by atoms with Crippen molar-refractivity contribution >= 4 is 33.3 Å². The number of hydrogen-bond acceptors (Lipinski definition) is 5. The largest absolute Gasteiger partial charge is 0.489 e. The first-order chi connectivity index (χ1) is 17.6. The third-order valence-corrected chi connectivity index (χ3v) is 6.88. The second-order valence-corrected chi connectivity index (χ2v) is 9.46. The van der Waals surface area contributed by atoms with Crippen LogP contribution >= 0.6 is 0 Å². The molecule has 6 rings (SSSR count). The monoisotopic (exact) mass is 481 g/mol. The number of hydrogen-bond donors (Lipinski definition) is 1. The van der Waals surface area contributed by atoms with E-state index in [-0.39, 0.29) is 11.9 Å². The summed E-state index contributed by atoms with van der Waals surface area (Å²) >= 11 is 0. The van der Waals surface area contributed by atoms with Gasteiger partial charge < -0.3 is 19.5 Å². The highest BCUT2D eigenvalue weighted by Gasteiger charge is 2.20. The lowest BCUT2D eigenvalue weighted by molar-refractivity contribution is 0.116. The Morgan fingerprint density at radius 3 is 2.67 bits per heavy atom. The third kappa shape index (κ3) is 4.62. The van der Waals surface area contributed by atoms with Crippen molar-refractivity contribution in [2.45, 2.75) is 25.5 Å². The van der Waals surface area contributed by atoms with Gasteiger partial charge in [-0.25, -0.2) is 14.4 Å². The molecular formula is C29H28FN5O.